The molecule has 1 aliphatic rings. The lowest BCUT2D eigenvalue weighted by Crippen LogP contribution is -2.28. The molecule has 3 aromatic rings. The molecule has 1 aliphatic heterocycles. The minimum absolute atomic E-state index is 0.0999. The number of alkyl halides is 3. The molecule has 0 aliphatic carbocycles. The second-order valence-electron chi connectivity index (χ2n) is 8.73. The van der Waals surface area contributed by atoms with Crippen molar-refractivity contribution in [3.63, 3.8) is 0 Å². The topological polar surface area (TPSA) is 91.8 Å². The molecule has 208 valence electrons. The number of carbonyl (C=O) groups is 1. The molecule has 0 amide bonds. The zero-order valence-electron chi connectivity index (χ0n) is 21.1. The van der Waals surface area contributed by atoms with Gasteiger partial charge in [-0.15, -0.1) is 0 Å². The molecule has 39 heavy (non-hydrogen) atoms. The first-order valence-electron chi connectivity index (χ1n) is 11.9. The third kappa shape index (κ3) is 7.20. The number of nitrogens with zero attached hydrogens (tertiary/aromatic N) is 2. The van der Waals surface area contributed by atoms with Crippen LogP contribution >= 0.6 is 23.8 Å². The third-order valence-corrected chi connectivity index (χ3v) is 9.60. The Bertz CT molecular complexity index is 1520. The summed E-state index contributed by atoms with van der Waals surface area (Å²) in [7, 11) is -2.47. The van der Waals surface area contributed by atoms with Gasteiger partial charge in [-0.25, -0.2) is 8.42 Å². The lowest BCUT2D eigenvalue weighted by molar-refractivity contribution is -0.137. The van der Waals surface area contributed by atoms with Gasteiger partial charge in [0.1, 0.15) is 5.04 Å². The van der Waals surface area contributed by atoms with Crippen LogP contribution in [0.2, 0.25) is 0 Å². The molecular weight excluding hydrogens is 571 g/mol. The molecule has 0 spiro atoms. The van der Waals surface area contributed by atoms with E-state index in [1.807, 2.05) is 12.1 Å². The SMILES string of the molecule is CC(=O)OSCCC1CN=C(c2cc3cccc(N(C)S(=O)(=O)CC=Cc4ccccc4C(F)(F)F)c3[nH]2)S1. The lowest BCUT2D eigenvalue weighted by Gasteiger charge is -2.19. The molecule has 1 atom stereocenters. The number of thioether (sulfide) groups is 1. The second-order valence-corrected chi connectivity index (χ2v) is 12.9. The van der Waals surface area contributed by atoms with Gasteiger partial charge in [-0.05, 0) is 30.2 Å². The van der Waals surface area contributed by atoms with Crippen molar-refractivity contribution in [1.29, 1.82) is 0 Å². The predicted molar refractivity (Wildman–Crippen MR) is 153 cm³/mol. The monoisotopic (exact) mass is 597 g/mol. The van der Waals surface area contributed by atoms with Crippen LogP contribution in [0.1, 0.15) is 30.2 Å². The number of aliphatic imine (C=N–C) groups is 1. The molecule has 0 bridgehead atoms. The fourth-order valence-corrected chi connectivity index (χ4v) is 6.88. The third-order valence-electron chi connectivity index (χ3n) is 5.91. The van der Waals surface area contributed by atoms with Crippen LogP contribution in [0.15, 0.2) is 59.6 Å². The quantitative estimate of drug-likeness (QED) is 0.223. The van der Waals surface area contributed by atoms with E-state index < -0.39 is 27.5 Å². The van der Waals surface area contributed by atoms with E-state index in [-0.39, 0.29) is 16.8 Å². The number of H-pyrrole nitrogens is 1. The van der Waals surface area contributed by atoms with Gasteiger partial charge < -0.3 is 9.17 Å². The highest BCUT2D eigenvalue weighted by Gasteiger charge is 2.32. The fourth-order valence-electron chi connectivity index (χ4n) is 4.00. The number of aromatic amines is 1. The smallest absolute Gasteiger partial charge is 0.392 e. The van der Waals surface area contributed by atoms with E-state index in [1.165, 1.54) is 44.3 Å². The summed E-state index contributed by atoms with van der Waals surface area (Å²) >= 11 is 2.74. The number of para-hydroxylation sites is 1. The number of nitrogens with one attached hydrogen (secondary N) is 1. The standard InChI is InChI=1S/C26H26F3N3O4S3/c1-17(33)36-37-13-12-20-16-30-25(38-20)22-15-19-8-5-11-23(24(19)31-22)32(2)39(34,35)14-6-9-18-7-3-4-10-21(18)26(27,28)29/h3-11,15,20,31H,12-14,16H2,1-2H3. The summed E-state index contributed by atoms with van der Waals surface area (Å²) in [5.74, 6) is -0.148. The van der Waals surface area contributed by atoms with Crippen LogP contribution in [0.4, 0.5) is 18.9 Å². The van der Waals surface area contributed by atoms with Gasteiger partial charge in [0.2, 0.25) is 10.0 Å². The van der Waals surface area contributed by atoms with Crippen LogP contribution in [-0.4, -0.2) is 54.8 Å². The van der Waals surface area contributed by atoms with Crippen molar-refractivity contribution < 1.29 is 30.6 Å². The van der Waals surface area contributed by atoms with Crippen LogP contribution in [0.5, 0.6) is 0 Å². The minimum atomic E-state index is -4.54. The molecule has 4 rings (SSSR count). The molecular formula is C26H26F3N3O4S3. The van der Waals surface area contributed by atoms with Crippen molar-refractivity contribution >= 4 is 67.5 Å². The molecule has 2 aromatic carbocycles. The van der Waals surface area contributed by atoms with Crippen molar-refractivity contribution in [1.82, 2.24) is 4.98 Å². The van der Waals surface area contributed by atoms with Crippen LogP contribution in [0, 0.1) is 0 Å². The molecule has 1 N–H and O–H groups in total. The maximum Gasteiger partial charge on any atom is 0.416 e. The highest BCUT2D eigenvalue weighted by molar-refractivity contribution is 8.15. The number of hydrogen-bond acceptors (Lipinski definition) is 7. The van der Waals surface area contributed by atoms with E-state index >= 15 is 0 Å². The van der Waals surface area contributed by atoms with Gasteiger partial charge in [-0.2, -0.15) is 13.2 Å². The van der Waals surface area contributed by atoms with Crippen molar-refractivity contribution in [2.75, 3.05) is 29.4 Å². The normalized spacial score (nSPS) is 16.1. The summed E-state index contributed by atoms with van der Waals surface area (Å²) in [6.45, 7) is 1.99. The maximum atomic E-state index is 13.2. The van der Waals surface area contributed by atoms with Gasteiger partial charge in [-0.3, -0.25) is 14.1 Å². The zero-order chi connectivity index (χ0) is 28.2. The highest BCUT2D eigenvalue weighted by Crippen LogP contribution is 2.34. The predicted octanol–water partition coefficient (Wildman–Crippen LogP) is 6.13. The van der Waals surface area contributed by atoms with E-state index in [1.54, 1.807) is 23.9 Å². The van der Waals surface area contributed by atoms with Crippen LogP contribution in [-0.2, 0) is 25.2 Å². The summed E-state index contributed by atoms with van der Waals surface area (Å²) in [4.78, 5) is 18.8. The van der Waals surface area contributed by atoms with Gasteiger partial charge >= 0.3 is 12.1 Å². The summed E-state index contributed by atoms with van der Waals surface area (Å²) in [5, 5.41) is 1.86. The summed E-state index contributed by atoms with van der Waals surface area (Å²) in [5.41, 5.74) is 0.876. The zero-order valence-corrected chi connectivity index (χ0v) is 23.5. The number of anilines is 1. The first-order valence-corrected chi connectivity index (χ1v) is 15.3. The number of hydrogen-bond donors (Lipinski definition) is 1. The fraction of sp³-hybridized carbons (Fsp3) is 0.308. The highest BCUT2D eigenvalue weighted by atomic mass is 32.2. The molecule has 7 nitrogen and oxygen atoms in total. The number of benzene rings is 2. The number of sulfonamides is 1. The van der Waals surface area contributed by atoms with Gasteiger partial charge in [0.15, 0.2) is 0 Å². The molecule has 0 saturated carbocycles. The second kappa shape index (κ2) is 12.1. The molecule has 1 aromatic heterocycles. The van der Waals surface area contributed by atoms with Crippen LogP contribution in [0.3, 0.4) is 0 Å². The molecule has 0 fully saturated rings. The number of fused-ring (bicyclic) bond motifs is 1. The van der Waals surface area contributed by atoms with E-state index in [0.717, 1.165) is 45.0 Å². The lowest BCUT2D eigenvalue weighted by atomic mass is 10.1. The Morgan fingerprint density at radius 3 is 2.77 bits per heavy atom. The molecule has 1 unspecified atom stereocenters. The molecule has 0 saturated heterocycles. The first-order chi connectivity index (χ1) is 18.5. The largest absolute Gasteiger partial charge is 0.416 e. The molecule has 13 heteroatoms. The van der Waals surface area contributed by atoms with Crippen molar-refractivity contribution in [2.45, 2.75) is 24.8 Å². The number of rotatable bonds is 10. The Balaban J connectivity index is 1.47. The van der Waals surface area contributed by atoms with Gasteiger partial charge in [-0.1, -0.05) is 54.2 Å². The summed E-state index contributed by atoms with van der Waals surface area (Å²) < 4.78 is 72.0. The average Bonchev–Trinajstić information content (AvgIpc) is 3.52. The Morgan fingerprint density at radius 2 is 2.03 bits per heavy atom. The van der Waals surface area contributed by atoms with Crippen molar-refractivity contribution in [3.05, 3.63) is 71.4 Å². The maximum absolute atomic E-state index is 13.2. The number of aromatic nitrogens is 1. The minimum Gasteiger partial charge on any atom is -0.392 e. The Hall–Kier alpha value is -2.90. The summed E-state index contributed by atoms with van der Waals surface area (Å²) in [6, 6.07) is 12.2. The number of carbonyl (C=O) groups excluding carboxylic acids is 1. The van der Waals surface area contributed by atoms with E-state index in [0.29, 0.717) is 23.5 Å². The van der Waals surface area contributed by atoms with E-state index in [9.17, 15) is 26.4 Å². The first kappa shape index (κ1) is 29.1. The van der Waals surface area contributed by atoms with E-state index in [2.05, 4.69) is 9.98 Å². The van der Waals surface area contributed by atoms with Gasteiger partial charge in [0, 0.05) is 30.4 Å². The Labute approximate surface area is 233 Å². The van der Waals surface area contributed by atoms with Crippen LogP contribution in [0.25, 0.3) is 17.0 Å². The molecule has 0 radical (unpaired) electrons. The average molecular weight is 598 g/mol. The Morgan fingerprint density at radius 1 is 1.26 bits per heavy atom. The number of halogens is 3. The van der Waals surface area contributed by atoms with Crippen LogP contribution < -0.4 is 4.31 Å². The summed E-state index contributed by atoms with van der Waals surface area (Å²) in [6.07, 6.45) is -1.33. The van der Waals surface area contributed by atoms with E-state index in [4.69, 9.17) is 4.18 Å². The van der Waals surface area contributed by atoms with Gasteiger partial charge in [0.05, 0.1) is 46.8 Å². The van der Waals surface area contributed by atoms with Gasteiger partial charge in [0.25, 0.3) is 0 Å². The Kier molecular flexibility index (Phi) is 9.02. The molecule has 2 heterocycles. The van der Waals surface area contributed by atoms with Crippen molar-refractivity contribution in [2.24, 2.45) is 4.99 Å². The van der Waals surface area contributed by atoms with Crippen molar-refractivity contribution in [3.8, 4) is 0 Å².